The van der Waals surface area contributed by atoms with Crippen molar-refractivity contribution in [2.24, 2.45) is 0 Å². The molecule has 0 heterocycles. The second-order valence-corrected chi connectivity index (χ2v) is 6.24. The zero-order valence-electron chi connectivity index (χ0n) is 11.0. The fraction of sp³-hybridized carbons (Fsp3) is 0.500. The van der Waals surface area contributed by atoms with Crippen molar-refractivity contribution in [3.63, 3.8) is 0 Å². The smallest absolute Gasteiger partial charge is 0.181 e. The van der Waals surface area contributed by atoms with Gasteiger partial charge in [-0.1, -0.05) is 0 Å². The van der Waals surface area contributed by atoms with E-state index in [1.54, 1.807) is 0 Å². The Morgan fingerprint density at radius 2 is 2.05 bits per heavy atom. The van der Waals surface area contributed by atoms with E-state index in [0.29, 0.717) is 19.2 Å². The Bertz CT molecular complexity index is 536. The summed E-state index contributed by atoms with van der Waals surface area (Å²) in [5.74, 6) is -2.93. The number of rotatable bonds is 8. The zero-order valence-corrected chi connectivity index (χ0v) is 11.8. The van der Waals surface area contributed by atoms with Crippen molar-refractivity contribution in [1.29, 1.82) is 0 Å². The molecule has 0 aliphatic carbocycles. The summed E-state index contributed by atoms with van der Waals surface area (Å²) in [7, 11) is -2.35. The van der Waals surface area contributed by atoms with Gasteiger partial charge in [-0.25, -0.2) is 17.2 Å². The average molecular weight is 309 g/mol. The van der Waals surface area contributed by atoms with Gasteiger partial charge in [0, 0.05) is 20.2 Å². The molecule has 0 fully saturated rings. The maximum absolute atomic E-state index is 13.0. The van der Waals surface area contributed by atoms with Gasteiger partial charge >= 0.3 is 0 Å². The second kappa shape index (κ2) is 7.63. The standard InChI is InChI=1S/C12H17F2NO4S/c1-19-5-4-15-7-9(16)8-20(17,18)10-2-3-11(13)12(14)6-10/h2-3,6,9,15-16H,4-5,7-8H2,1H3. The lowest BCUT2D eigenvalue weighted by molar-refractivity contribution is 0.174. The minimum absolute atomic E-state index is 0.0618. The van der Waals surface area contributed by atoms with Crippen LogP contribution in [0.25, 0.3) is 0 Å². The summed E-state index contributed by atoms with van der Waals surface area (Å²) in [6.45, 7) is 0.966. The van der Waals surface area contributed by atoms with E-state index in [-0.39, 0.29) is 11.4 Å². The van der Waals surface area contributed by atoms with Crippen LogP contribution >= 0.6 is 0 Å². The van der Waals surface area contributed by atoms with Crippen LogP contribution in [0.5, 0.6) is 0 Å². The van der Waals surface area contributed by atoms with Crippen LogP contribution in [0.15, 0.2) is 23.1 Å². The van der Waals surface area contributed by atoms with Gasteiger partial charge in [-0.3, -0.25) is 0 Å². The highest BCUT2D eigenvalue weighted by molar-refractivity contribution is 7.91. The highest BCUT2D eigenvalue weighted by Gasteiger charge is 2.21. The highest BCUT2D eigenvalue weighted by atomic mass is 32.2. The molecule has 1 unspecified atom stereocenters. The third kappa shape index (κ3) is 5.12. The van der Waals surface area contributed by atoms with Crippen LogP contribution in [0.1, 0.15) is 0 Å². The second-order valence-electron chi connectivity index (χ2n) is 4.21. The normalized spacial score (nSPS) is 13.4. The van der Waals surface area contributed by atoms with E-state index in [1.807, 2.05) is 0 Å². The van der Waals surface area contributed by atoms with Crippen LogP contribution in [-0.4, -0.2) is 52.2 Å². The lowest BCUT2D eigenvalue weighted by Crippen LogP contribution is -2.34. The molecule has 1 rings (SSSR count). The van der Waals surface area contributed by atoms with Gasteiger partial charge in [0.2, 0.25) is 0 Å². The zero-order chi connectivity index (χ0) is 15.2. The molecule has 0 aliphatic heterocycles. The minimum Gasteiger partial charge on any atom is -0.391 e. The summed E-state index contributed by atoms with van der Waals surface area (Å²) in [6.07, 6.45) is -1.15. The molecule has 0 bridgehead atoms. The molecular formula is C12H17F2NO4S. The molecule has 0 spiro atoms. The van der Waals surface area contributed by atoms with E-state index in [4.69, 9.17) is 4.74 Å². The summed E-state index contributed by atoms with van der Waals surface area (Å²) < 4.78 is 54.3. The van der Waals surface area contributed by atoms with E-state index in [9.17, 15) is 22.3 Å². The van der Waals surface area contributed by atoms with Crippen molar-refractivity contribution in [2.75, 3.05) is 32.6 Å². The molecule has 0 aliphatic rings. The molecule has 5 nitrogen and oxygen atoms in total. The Morgan fingerprint density at radius 3 is 2.65 bits per heavy atom. The molecule has 1 aromatic carbocycles. The highest BCUT2D eigenvalue weighted by Crippen LogP contribution is 2.15. The molecule has 8 heteroatoms. The molecule has 114 valence electrons. The summed E-state index contributed by atoms with van der Waals surface area (Å²) >= 11 is 0. The molecule has 20 heavy (non-hydrogen) atoms. The Labute approximate surface area is 116 Å². The number of hydrogen-bond acceptors (Lipinski definition) is 5. The maximum atomic E-state index is 13.0. The Kier molecular flexibility index (Phi) is 6.47. The number of benzene rings is 1. The number of aliphatic hydroxyl groups excluding tert-OH is 1. The number of methoxy groups -OCH3 is 1. The van der Waals surface area contributed by atoms with E-state index < -0.39 is 33.3 Å². The summed E-state index contributed by atoms with van der Waals surface area (Å²) in [4.78, 5) is -0.354. The van der Waals surface area contributed by atoms with Crippen LogP contribution in [0.2, 0.25) is 0 Å². The van der Waals surface area contributed by atoms with E-state index >= 15 is 0 Å². The first-order chi connectivity index (χ1) is 9.36. The molecule has 0 saturated carbocycles. The number of ether oxygens (including phenoxy) is 1. The molecule has 2 N–H and O–H groups in total. The minimum atomic E-state index is -3.87. The van der Waals surface area contributed by atoms with Crippen LogP contribution in [0.3, 0.4) is 0 Å². The van der Waals surface area contributed by atoms with Gasteiger partial charge < -0.3 is 15.2 Å². The lowest BCUT2D eigenvalue weighted by atomic mass is 10.3. The molecule has 0 amide bonds. The number of nitrogens with one attached hydrogen (secondary N) is 1. The fourth-order valence-corrected chi connectivity index (χ4v) is 2.90. The first-order valence-electron chi connectivity index (χ1n) is 5.92. The van der Waals surface area contributed by atoms with Gasteiger partial charge in [-0.2, -0.15) is 0 Å². The molecule has 1 atom stereocenters. The summed E-state index contributed by atoms with van der Waals surface area (Å²) in [5.41, 5.74) is 0. The van der Waals surface area contributed by atoms with Crippen LogP contribution in [0, 0.1) is 11.6 Å². The third-order valence-corrected chi connectivity index (χ3v) is 4.32. The lowest BCUT2D eigenvalue weighted by Gasteiger charge is -2.12. The Balaban J connectivity index is 2.62. The molecular weight excluding hydrogens is 292 g/mol. The molecule has 0 saturated heterocycles. The molecule has 0 aromatic heterocycles. The van der Waals surface area contributed by atoms with Gasteiger partial charge in [0.25, 0.3) is 0 Å². The third-order valence-electron chi connectivity index (χ3n) is 2.52. The fourth-order valence-electron chi connectivity index (χ4n) is 1.52. The largest absolute Gasteiger partial charge is 0.391 e. The summed E-state index contributed by atoms with van der Waals surface area (Å²) in [5, 5.41) is 12.4. The van der Waals surface area contributed by atoms with Gasteiger partial charge in [0.1, 0.15) is 0 Å². The van der Waals surface area contributed by atoms with Gasteiger partial charge in [0.05, 0.1) is 23.4 Å². The van der Waals surface area contributed by atoms with Gasteiger partial charge in [-0.15, -0.1) is 0 Å². The predicted molar refractivity (Wildman–Crippen MR) is 69.2 cm³/mol. The van der Waals surface area contributed by atoms with Crippen LogP contribution in [-0.2, 0) is 14.6 Å². The van der Waals surface area contributed by atoms with Crippen LogP contribution < -0.4 is 5.32 Å². The van der Waals surface area contributed by atoms with E-state index in [1.165, 1.54) is 7.11 Å². The number of sulfone groups is 1. The Hall–Kier alpha value is -1.09. The summed E-state index contributed by atoms with van der Waals surface area (Å²) in [6, 6.07) is 2.32. The number of halogens is 2. The topological polar surface area (TPSA) is 75.6 Å². The number of aliphatic hydroxyl groups is 1. The van der Waals surface area contributed by atoms with Gasteiger partial charge in [-0.05, 0) is 18.2 Å². The molecule has 0 radical (unpaired) electrons. The van der Waals surface area contributed by atoms with Gasteiger partial charge in [0.15, 0.2) is 21.5 Å². The Morgan fingerprint density at radius 1 is 1.35 bits per heavy atom. The van der Waals surface area contributed by atoms with Crippen molar-refractivity contribution in [1.82, 2.24) is 5.32 Å². The number of hydrogen-bond donors (Lipinski definition) is 2. The van der Waals surface area contributed by atoms with Crippen molar-refractivity contribution in [3.8, 4) is 0 Å². The van der Waals surface area contributed by atoms with E-state index in [2.05, 4.69) is 5.32 Å². The SMILES string of the molecule is COCCNCC(O)CS(=O)(=O)c1ccc(F)c(F)c1. The maximum Gasteiger partial charge on any atom is 0.181 e. The van der Waals surface area contributed by atoms with Crippen LogP contribution in [0.4, 0.5) is 8.78 Å². The quantitative estimate of drug-likeness (QED) is 0.535. The monoisotopic (exact) mass is 309 g/mol. The van der Waals surface area contributed by atoms with Crippen molar-refractivity contribution < 1.29 is 27.0 Å². The van der Waals surface area contributed by atoms with Crippen molar-refractivity contribution in [3.05, 3.63) is 29.8 Å². The first-order valence-corrected chi connectivity index (χ1v) is 7.57. The van der Waals surface area contributed by atoms with Crippen molar-refractivity contribution in [2.45, 2.75) is 11.0 Å². The van der Waals surface area contributed by atoms with E-state index in [0.717, 1.165) is 12.1 Å². The van der Waals surface area contributed by atoms with Crippen molar-refractivity contribution >= 4 is 9.84 Å². The average Bonchev–Trinajstić information content (AvgIpc) is 2.37. The predicted octanol–water partition coefficient (Wildman–Crippen LogP) is 0.335. The molecule has 1 aromatic rings. The first kappa shape index (κ1) is 17.0.